The molecule has 0 unspecified atom stereocenters. The van der Waals surface area contributed by atoms with E-state index < -0.39 is 0 Å². The Morgan fingerprint density at radius 3 is 2.57 bits per heavy atom. The third-order valence-electron chi connectivity index (χ3n) is 5.93. The first-order valence-electron chi connectivity index (χ1n) is 11.1. The van der Waals surface area contributed by atoms with E-state index >= 15 is 0 Å². The van der Waals surface area contributed by atoms with E-state index in [4.69, 9.17) is 23.4 Å². The first-order chi connectivity index (χ1) is 17.0. The maximum Gasteiger partial charge on any atom is 0.235 e. The molecule has 0 saturated heterocycles. The Bertz CT molecular complexity index is 1460. The van der Waals surface area contributed by atoms with Gasteiger partial charge in [-0.05, 0) is 64.8 Å². The molecular weight excluding hydrogens is 514 g/mol. The highest BCUT2D eigenvalue weighted by Crippen LogP contribution is 2.36. The van der Waals surface area contributed by atoms with Crippen LogP contribution in [0.5, 0.6) is 28.7 Å². The van der Waals surface area contributed by atoms with Gasteiger partial charge in [0, 0.05) is 13.1 Å². The van der Waals surface area contributed by atoms with Crippen LogP contribution in [0, 0.1) is 6.92 Å². The molecule has 0 spiro atoms. The first-order valence-corrected chi connectivity index (χ1v) is 11.9. The van der Waals surface area contributed by atoms with Crippen molar-refractivity contribution in [3.05, 3.63) is 86.2 Å². The highest BCUT2D eigenvalue weighted by atomic mass is 79.9. The zero-order chi connectivity index (χ0) is 24.5. The maximum absolute atomic E-state index is 13.4. The van der Waals surface area contributed by atoms with Crippen molar-refractivity contribution in [1.82, 2.24) is 4.90 Å². The summed E-state index contributed by atoms with van der Waals surface area (Å²) in [6, 6.07) is 16.8. The molecule has 7 nitrogen and oxygen atoms in total. The van der Waals surface area contributed by atoms with Crippen molar-refractivity contribution in [3.63, 3.8) is 0 Å². The Kier molecular flexibility index (Phi) is 6.40. The largest absolute Gasteiger partial charge is 0.493 e. The lowest BCUT2D eigenvalue weighted by molar-refractivity contribution is 0.0889. The standard InChI is InChI=1S/C27H24BrNO6/c1-16-26(35-22-7-5-4-6-20(22)28)25(30)18-9-11-21-19(27(18)34-16)14-29(15-33-21)13-17-8-10-23(31-2)24(12-17)32-3/h4-12H,13-15H2,1-3H3. The molecule has 8 heteroatoms. The van der Waals surface area contributed by atoms with Gasteiger partial charge in [0.15, 0.2) is 11.5 Å². The third-order valence-corrected chi connectivity index (χ3v) is 6.59. The predicted molar refractivity (Wildman–Crippen MR) is 136 cm³/mol. The van der Waals surface area contributed by atoms with Crippen LogP contribution in [-0.4, -0.2) is 25.9 Å². The molecule has 0 radical (unpaired) electrons. The minimum atomic E-state index is -0.223. The first kappa shape index (κ1) is 23.3. The average molecular weight is 538 g/mol. The Morgan fingerprint density at radius 1 is 1.00 bits per heavy atom. The molecule has 0 aliphatic carbocycles. The topological polar surface area (TPSA) is 70.4 Å². The van der Waals surface area contributed by atoms with E-state index in [1.165, 1.54) is 0 Å². The van der Waals surface area contributed by atoms with Crippen LogP contribution in [0.1, 0.15) is 16.9 Å². The molecule has 35 heavy (non-hydrogen) atoms. The molecule has 1 aliphatic rings. The van der Waals surface area contributed by atoms with Gasteiger partial charge in [-0.2, -0.15) is 0 Å². The van der Waals surface area contributed by atoms with Gasteiger partial charge >= 0.3 is 0 Å². The van der Waals surface area contributed by atoms with E-state index in [0.29, 0.717) is 59.5 Å². The summed E-state index contributed by atoms with van der Waals surface area (Å²) in [5, 5.41) is 0.452. The molecule has 0 atom stereocenters. The van der Waals surface area contributed by atoms with Crippen LogP contribution >= 0.6 is 15.9 Å². The molecule has 0 saturated carbocycles. The van der Waals surface area contributed by atoms with Crippen molar-refractivity contribution in [2.24, 2.45) is 0 Å². The third kappa shape index (κ3) is 4.47. The lowest BCUT2D eigenvalue weighted by Gasteiger charge is -2.29. The van der Waals surface area contributed by atoms with Gasteiger partial charge in [0.05, 0.1) is 29.6 Å². The summed E-state index contributed by atoms with van der Waals surface area (Å²) < 4.78 is 29.6. The van der Waals surface area contributed by atoms with E-state index in [2.05, 4.69) is 20.8 Å². The second-order valence-corrected chi connectivity index (χ2v) is 9.07. The molecule has 2 heterocycles. The van der Waals surface area contributed by atoms with Crippen molar-refractivity contribution in [2.75, 3.05) is 21.0 Å². The number of rotatable bonds is 6. The summed E-state index contributed by atoms with van der Waals surface area (Å²) >= 11 is 3.46. The van der Waals surface area contributed by atoms with Gasteiger partial charge in [0.1, 0.15) is 29.6 Å². The lowest BCUT2D eigenvalue weighted by Crippen LogP contribution is -2.31. The average Bonchev–Trinajstić information content (AvgIpc) is 2.87. The number of fused-ring (bicyclic) bond motifs is 3. The summed E-state index contributed by atoms with van der Waals surface area (Å²) in [5.74, 6) is 3.19. The second kappa shape index (κ2) is 9.64. The van der Waals surface area contributed by atoms with E-state index in [1.807, 2.05) is 42.5 Å². The molecule has 1 aromatic heterocycles. The summed E-state index contributed by atoms with van der Waals surface area (Å²) in [6.45, 7) is 3.34. The van der Waals surface area contributed by atoms with Gasteiger partial charge in [-0.15, -0.1) is 0 Å². The van der Waals surface area contributed by atoms with Gasteiger partial charge < -0.3 is 23.4 Å². The number of para-hydroxylation sites is 1. The molecule has 1 aliphatic heterocycles. The molecule has 4 aromatic rings. The Labute approximate surface area is 210 Å². The SMILES string of the molecule is COc1ccc(CN2COc3ccc4c(=O)c(Oc5ccccc5Br)c(C)oc4c3C2)cc1OC. The van der Waals surface area contributed by atoms with Crippen LogP contribution < -0.4 is 24.4 Å². The molecule has 0 bridgehead atoms. The van der Waals surface area contributed by atoms with Gasteiger partial charge in [-0.1, -0.05) is 18.2 Å². The van der Waals surface area contributed by atoms with Crippen molar-refractivity contribution in [2.45, 2.75) is 20.0 Å². The number of hydrogen-bond donors (Lipinski definition) is 0. The number of benzene rings is 3. The molecule has 3 aromatic carbocycles. The highest BCUT2D eigenvalue weighted by Gasteiger charge is 2.24. The zero-order valence-electron chi connectivity index (χ0n) is 19.6. The molecule has 0 fully saturated rings. The Hall–Kier alpha value is -3.49. The number of halogens is 1. The van der Waals surface area contributed by atoms with Crippen LogP contribution in [-0.2, 0) is 13.1 Å². The quantitative estimate of drug-likeness (QED) is 0.297. The van der Waals surface area contributed by atoms with Gasteiger partial charge in [0.2, 0.25) is 11.2 Å². The van der Waals surface area contributed by atoms with Crippen molar-refractivity contribution in [3.8, 4) is 28.7 Å². The zero-order valence-corrected chi connectivity index (χ0v) is 21.2. The second-order valence-electron chi connectivity index (χ2n) is 8.22. The van der Waals surface area contributed by atoms with Crippen LogP contribution in [0.25, 0.3) is 11.0 Å². The Morgan fingerprint density at radius 2 is 1.80 bits per heavy atom. The lowest BCUT2D eigenvalue weighted by atomic mass is 10.1. The number of ether oxygens (including phenoxy) is 4. The fraction of sp³-hybridized carbons (Fsp3) is 0.222. The van der Waals surface area contributed by atoms with E-state index in [1.54, 1.807) is 33.3 Å². The minimum Gasteiger partial charge on any atom is -0.493 e. The van der Waals surface area contributed by atoms with Crippen LogP contribution in [0.15, 0.2) is 68.3 Å². The normalized spacial score (nSPS) is 13.3. The molecular formula is C27H24BrNO6. The number of methoxy groups -OCH3 is 2. The van der Waals surface area contributed by atoms with Crippen LogP contribution in [0.2, 0.25) is 0 Å². The van der Waals surface area contributed by atoms with Crippen LogP contribution in [0.3, 0.4) is 0 Å². The fourth-order valence-corrected chi connectivity index (χ4v) is 4.56. The molecule has 180 valence electrons. The van der Waals surface area contributed by atoms with Gasteiger partial charge in [0.25, 0.3) is 0 Å². The minimum absolute atomic E-state index is 0.170. The molecule has 5 rings (SSSR count). The van der Waals surface area contributed by atoms with Gasteiger partial charge in [-0.3, -0.25) is 9.69 Å². The summed E-state index contributed by atoms with van der Waals surface area (Å²) in [5.41, 5.74) is 2.18. The summed E-state index contributed by atoms with van der Waals surface area (Å²) in [7, 11) is 3.23. The summed E-state index contributed by atoms with van der Waals surface area (Å²) in [4.78, 5) is 15.5. The fourth-order valence-electron chi connectivity index (χ4n) is 4.20. The molecule has 0 amide bonds. The monoisotopic (exact) mass is 537 g/mol. The van der Waals surface area contributed by atoms with E-state index in [-0.39, 0.29) is 11.2 Å². The number of hydrogen-bond acceptors (Lipinski definition) is 7. The van der Waals surface area contributed by atoms with Crippen molar-refractivity contribution in [1.29, 1.82) is 0 Å². The van der Waals surface area contributed by atoms with E-state index in [9.17, 15) is 4.79 Å². The van der Waals surface area contributed by atoms with Gasteiger partial charge in [-0.25, -0.2) is 0 Å². The van der Waals surface area contributed by atoms with Crippen LogP contribution in [0.4, 0.5) is 0 Å². The number of nitrogens with zero attached hydrogens (tertiary/aromatic N) is 1. The summed E-state index contributed by atoms with van der Waals surface area (Å²) in [6.07, 6.45) is 0. The molecule has 0 N–H and O–H groups in total. The highest BCUT2D eigenvalue weighted by molar-refractivity contribution is 9.10. The Balaban J connectivity index is 1.47. The van der Waals surface area contributed by atoms with Crippen molar-refractivity contribution < 1.29 is 23.4 Å². The smallest absolute Gasteiger partial charge is 0.235 e. The number of aryl methyl sites for hydroxylation is 1. The van der Waals surface area contributed by atoms with E-state index in [0.717, 1.165) is 15.6 Å². The predicted octanol–water partition coefficient (Wildman–Crippen LogP) is 6.03. The van der Waals surface area contributed by atoms with Crippen molar-refractivity contribution >= 4 is 26.9 Å². The maximum atomic E-state index is 13.4.